The zero-order valence-corrected chi connectivity index (χ0v) is 13.8. The van der Waals surface area contributed by atoms with Crippen LogP contribution in [-0.4, -0.2) is 5.11 Å². The quantitative estimate of drug-likeness (QED) is 0.670. The van der Waals surface area contributed by atoms with Crippen LogP contribution in [0.5, 0.6) is 0 Å². The van der Waals surface area contributed by atoms with Crippen molar-refractivity contribution < 1.29 is 9.50 Å². The lowest BCUT2D eigenvalue weighted by molar-refractivity contribution is 0.219. The lowest BCUT2D eigenvalue weighted by Gasteiger charge is -2.11. The second-order valence-corrected chi connectivity index (χ2v) is 8.05. The van der Waals surface area contributed by atoms with Crippen LogP contribution in [0.1, 0.15) is 17.2 Å². The van der Waals surface area contributed by atoms with E-state index in [1.165, 1.54) is 23.5 Å². The number of thiophene rings is 1. The van der Waals surface area contributed by atoms with E-state index in [0.717, 1.165) is 13.1 Å². The van der Waals surface area contributed by atoms with Crippen LogP contribution >= 0.6 is 59.1 Å². The Bertz CT molecular complexity index is 535. The number of aliphatic hydroxyl groups is 1. The first-order valence-electron chi connectivity index (χ1n) is 4.56. The van der Waals surface area contributed by atoms with Crippen LogP contribution in [0.2, 0.25) is 0 Å². The van der Waals surface area contributed by atoms with E-state index >= 15 is 0 Å². The minimum absolute atomic E-state index is 0.376. The molecule has 1 unspecified atom stereocenters. The molecule has 17 heavy (non-hydrogen) atoms. The summed E-state index contributed by atoms with van der Waals surface area (Å²) in [6.45, 7) is 0. The molecule has 1 atom stereocenters. The second kappa shape index (κ2) is 5.48. The van der Waals surface area contributed by atoms with Crippen molar-refractivity contribution >= 4 is 59.1 Å². The van der Waals surface area contributed by atoms with Crippen LogP contribution in [0, 0.1) is 5.82 Å². The monoisotopic (exact) mass is 442 g/mol. The predicted octanol–water partition coefficient (Wildman–Crippen LogP) is 5.26. The molecule has 0 aliphatic heterocycles. The molecule has 0 saturated carbocycles. The normalized spacial score (nSPS) is 12.8. The molecular weight excluding hydrogens is 439 g/mol. The molecule has 1 aromatic carbocycles. The Balaban J connectivity index is 2.43. The Kier molecular flexibility index (Phi) is 4.41. The molecule has 0 spiro atoms. The number of halogens is 4. The van der Waals surface area contributed by atoms with Gasteiger partial charge in [-0.15, -0.1) is 11.3 Å². The molecule has 2 aromatic rings. The van der Waals surface area contributed by atoms with E-state index in [4.69, 9.17) is 0 Å². The first kappa shape index (κ1) is 13.7. The molecule has 0 aliphatic carbocycles. The highest BCUT2D eigenvalue weighted by Crippen LogP contribution is 2.38. The number of hydrogen-bond acceptors (Lipinski definition) is 2. The first-order valence-corrected chi connectivity index (χ1v) is 7.75. The third-order valence-corrected chi connectivity index (χ3v) is 5.02. The minimum Gasteiger partial charge on any atom is -0.384 e. The van der Waals surface area contributed by atoms with E-state index in [-0.39, 0.29) is 5.82 Å². The highest BCUT2D eigenvalue weighted by Gasteiger charge is 2.17. The van der Waals surface area contributed by atoms with Crippen molar-refractivity contribution in [3.05, 3.63) is 53.3 Å². The molecule has 0 saturated heterocycles. The summed E-state index contributed by atoms with van der Waals surface area (Å²) in [4.78, 5) is 0. The number of rotatable bonds is 2. The van der Waals surface area contributed by atoms with Crippen molar-refractivity contribution in [2.75, 3.05) is 0 Å². The first-order chi connectivity index (χ1) is 7.97. The molecule has 0 bridgehead atoms. The molecule has 0 fully saturated rings. The third kappa shape index (κ3) is 3.17. The van der Waals surface area contributed by atoms with Crippen molar-refractivity contribution in [1.82, 2.24) is 0 Å². The van der Waals surface area contributed by atoms with Crippen LogP contribution in [-0.2, 0) is 0 Å². The average Bonchev–Trinajstić information content (AvgIpc) is 2.55. The maximum Gasteiger partial charge on any atom is 0.124 e. The largest absolute Gasteiger partial charge is 0.384 e. The highest BCUT2D eigenvalue weighted by molar-refractivity contribution is 9.12. The molecule has 6 heteroatoms. The molecule has 1 nitrogen and oxygen atoms in total. The van der Waals surface area contributed by atoms with Gasteiger partial charge in [0.15, 0.2) is 0 Å². The Morgan fingerprint density at radius 1 is 1.12 bits per heavy atom. The standard InChI is InChI=1S/C11H6Br3FOS/c12-6-1-5(2-7(15)3-6)10(16)8-4-9(13)17-11(8)14/h1-4,10,16H. The topological polar surface area (TPSA) is 20.2 Å². The van der Waals surface area contributed by atoms with E-state index in [2.05, 4.69) is 47.8 Å². The Morgan fingerprint density at radius 3 is 2.35 bits per heavy atom. The lowest BCUT2D eigenvalue weighted by atomic mass is 10.0. The van der Waals surface area contributed by atoms with Crippen LogP contribution in [0.4, 0.5) is 4.39 Å². The maximum absolute atomic E-state index is 13.3. The molecule has 1 heterocycles. The molecule has 1 aromatic heterocycles. The van der Waals surface area contributed by atoms with Crippen molar-refractivity contribution in [2.24, 2.45) is 0 Å². The van der Waals surface area contributed by atoms with Gasteiger partial charge >= 0.3 is 0 Å². The minimum atomic E-state index is -0.848. The van der Waals surface area contributed by atoms with E-state index in [0.29, 0.717) is 10.0 Å². The van der Waals surface area contributed by atoms with Crippen LogP contribution < -0.4 is 0 Å². The number of aliphatic hydroxyl groups excluding tert-OH is 1. The van der Waals surface area contributed by atoms with Gasteiger partial charge in [-0.1, -0.05) is 15.9 Å². The van der Waals surface area contributed by atoms with Gasteiger partial charge in [-0.05, 0) is 61.7 Å². The van der Waals surface area contributed by atoms with Gasteiger partial charge < -0.3 is 5.11 Å². The maximum atomic E-state index is 13.3. The van der Waals surface area contributed by atoms with Crippen molar-refractivity contribution in [1.29, 1.82) is 0 Å². The van der Waals surface area contributed by atoms with Crippen LogP contribution in [0.15, 0.2) is 36.3 Å². The van der Waals surface area contributed by atoms with Crippen LogP contribution in [0.3, 0.4) is 0 Å². The molecular formula is C11H6Br3FOS. The molecule has 0 radical (unpaired) electrons. The Labute approximate surface area is 127 Å². The van der Waals surface area contributed by atoms with Gasteiger partial charge in [0.2, 0.25) is 0 Å². The fourth-order valence-electron chi connectivity index (χ4n) is 1.45. The Hall–Kier alpha value is 0.250. The third-order valence-electron chi connectivity index (χ3n) is 2.18. The SMILES string of the molecule is OC(c1cc(F)cc(Br)c1)c1cc(Br)sc1Br. The van der Waals surface area contributed by atoms with Gasteiger partial charge in [0.25, 0.3) is 0 Å². The summed E-state index contributed by atoms with van der Waals surface area (Å²) in [7, 11) is 0. The van der Waals surface area contributed by atoms with Gasteiger partial charge in [-0.25, -0.2) is 4.39 Å². The van der Waals surface area contributed by atoms with Gasteiger partial charge in [-0.2, -0.15) is 0 Å². The zero-order valence-electron chi connectivity index (χ0n) is 8.25. The van der Waals surface area contributed by atoms with Crippen molar-refractivity contribution in [2.45, 2.75) is 6.10 Å². The zero-order chi connectivity index (χ0) is 12.6. The second-order valence-electron chi connectivity index (χ2n) is 3.38. The van der Waals surface area contributed by atoms with E-state index in [1.54, 1.807) is 6.07 Å². The number of benzene rings is 1. The van der Waals surface area contributed by atoms with Gasteiger partial charge in [0.05, 0.1) is 7.57 Å². The summed E-state index contributed by atoms with van der Waals surface area (Å²) < 4.78 is 15.6. The Morgan fingerprint density at radius 2 is 1.82 bits per heavy atom. The highest BCUT2D eigenvalue weighted by atomic mass is 79.9. The van der Waals surface area contributed by atoms with Crippen LogP contribution in [0.25, 0.3) is 0 Å². The van der Waals surface area contributed by atoms with Crippen molar-refractivity contribution in [3.8, 4) is 0 Å². The summed E-state index contributed by atoms with van der Waals surface area (Å²) in [5.74, 6) is -0.376. The fraction of sp³-hybridized carbons (Fsp3) is 0.0909. The predicted molar refractivity (Wildman–Crippen MR) is 77.9 cm³/mol. The van der Waals surface area contributed by atoms with E-state index in [9.17, 15) is 9.50 Å². The molecule has 0 amide bonds. The van der Waals surface area contributed by atoms with Gasteiger partial charge in [-0.3, -0.25) is 0 Å². The summed E-state index contributed by atoms with van der Waals surface area (Å²) in [5.41, 5.74) is 1.24. The summed E-state index contributed by atoms with van der Waals surface area (Å²) in [5, 5.41) is 10.2. The number of hydrogen-bond donors (Lipinski definition) is 1. The summed E-state index contributed by atoms with van der Waals surface area (Å²) in [6, 6.07) is 6.20. The molecule has 2 rings (SSSR count). The summed E-state index contributed by atoms with van der Waals surface area (Å²) >= 11 is 11.4. The molecule has 90 valence electrons. The molecule has 0 aliphatic rings. The van der Waals surface area contributed by atoms with E-state index < -0.39 is 6.10 Å². The van der Waals surface area contributed by atoms with Gasteiger partial charge in [0.1, 0.15) is 11.9 Å². The van der Waals surface area contributed by atoms with E-state index in [1.807, 2.05) is 6.07 Å². The average molecular weight is 445 g/mol. The smallest absolute Gasteiger partial charge is 0.124 e. The molecule has 1 N–H and O–H groups in total. The van der Waals surface area contributed by atoms with Crippen molar-refractivity contribution in [3.63, 3.8) is 0 Å². The fourth-order valence-corrected chi connectivity index (χ4v) is 4.82. The lowest BCUT2D eigenvalue weighted by Crippen LogP contribution is -1.99. The van der Waals surface area contributed by atoms with Gasteiger partial charge in [0, 0.05) is 10.0 Å². The summed E-state index contributed by atoms with van der Waals surface area (Å²) in [6.07, 6.45) is -0.848.